The molecule has 88 valence electrons. The predicted molar refractivity (Wildman–Crippen MR) is 74.8 cm³/mol. The van der Waals surface area contributed by atoms with Crippen LogP contribution in [-0.4, -0.2) is 17.9 Å². The van der Waals surface area contributed by atoms with Gasteiger partial charge in [0.2, 0.25) is 0 Å². The molecule has 2 amide bonds. The number of urea groups is 1. The zero-order valence-electron chi connectivity index (χ0n) is 9.24. The molecule has 0 aliphatic carbocycles. The third kappa shape index (κ3) is 3.20. The van der Waals surface area contributed by atoms with Gasteiger partial charge in [0.25, 0.3) is 0 Å². The highest BCUT2D eigenvalue weighted by molar-refractivity contribution is 9.09. The van der Waals surface area contributed by atoms with Crippen LogP contribution in [-0.2, 0) is 0 Å². The lowest BCUT2D eigenvalue weighted by molar-refractivity contribution is 0.252. The molecular formula is C13H13BrN2O. The van der Waals surface area contributed by atoms with Gasteiger partial charge in [-0.05, 0) is 22.9 Å². The fourth-order valence-corrected chi connectivity index (χ4v) is 1.80. The SMILES string of the molecule is O=C(NCCBr)Nc1ccc2ccccc2c1. The molecular weight excluding hydrogens is 280 g/mol. The van der Waals surface area contributed by atoms with Gasteiger partial charge in [0.15, 0.2) is 0 Å². The Labute approximate surface area is 108 Å². The van der Waals surface area contributed by atoms with Gasteiger partial charge in [0.1, 0.15) is 0 Å². The molecule has 0 aliphatic heterocycles. The van der Waals surface area contributed by atoms with Crippen molar-refractivity contribution in [3.63, 3.8) is 0 Å². The first-order valence-electron chi connectivity index (χ1n) is 5.39. The Morgan fingerprint density at radius 2 is 1.88 bits per heavy atom. The minimum Gasteiger partial charge on any atom is -0.337 e. The van der Waals surface area contributed by atoms with E-state index in [-0.39, 0.29) is 6.03 Å². The third-order valence-electron chi connectivity index (χ3n) is 2.39. The molecule has 2 aromatic carbocycles. The zero-order valence-corrected chi connectivity index (χ0v) is 10.8. The summed E-state index contributed by atoms with van der Waals surface area (Å²) in [5.41, 5.74) is 0.802. The highest BCUT2D eigenvalue weighted by Crippen LogP contribution is 2.18. The van der Waals surface area contributed by atoms with Crippen LogP contribution in [0.15, 0.2) is 42.5 Å². The number of alkyl halides is 1. The molecule has 0 unspecified atom stereocenters. The van der Waals surface area contributed by atoms with Crippen molar-refractivity contribution < 1.29 is 4.79 Å². The molecule has 0 saturated heterocycles. The average molecular weight is 293 g/mol. The van der Waals surface area contributed by atoms with Gasteiger partial charge in [-0.2, -0.15) is 0 Å². The molecule has 0 spiro atoms. The second-order valence-corrected chi connectivity index (χ2v) is 4.42. The average Bonchev–Trinajstić information content (AvgIpc) is 2.36. The molecule has 17 heavy (non-hydrogen) atoms. The maximum Gasteiger partial charge on any atom is 0.319 e. The Hall–Kier alpha value is -1.55. The van der Waals surface area contributed by atoms with Crippen LogP contribution in [0.2, 0.25) is 0 Å². The van der Waals surface area contributed by atoms with Crippen LogP contribution in [0.3, 0.4) is 0 Å². The van der Waals surface area contributed by atoms with Crippen molar-refractivity contribution >= 4 is 38.4 Å². The number of fused-ring (bicyclic) bond motifs is 1. The molecule has 2 aromatic rings. The summed E-state index contributed by atoms with van der Waals surface area (Å²) >= 11 is 3.25. The molecule has 2 rings (SSSR count). The van der Waals surface area contributed by atoms with Gasteiger partial charge < -0.3 is 10.6 Å². The number of anilines is 1. The molecule has 0 aliphatic rings. The van der Waals surface area contributed by atoms with Crippen molar-refractivity contribution in [1.29, 1.82) is 0 Å². The van der Waals surface area contributed by atoms with Gasteiger partial charge in [-0.3, -0.25) is 0 Å². The minimum atomic E-state index is -0.181. The van der Waals surface area contributed by atoms with E-state index in [0.717, 1.165) is 16.4 Å². The van der Waals surface area contributed by atoms with E-state index >= 15 is 0 Å². The first-order valence-corrected chi connectivity index (χ1v) is 6.51. The maximum absolute atomic E-state index is 11.5. The van der Waals surface area contributed by atoms with Crippen molar-refractivity contribution in [3.8, 4) is 0 Å². The van der Waals surface area contributed by atoms with Gasteiger partial charge in [0.05, 0.1) is 0 Å². The Morgan fingerprint density at radius 3 is 2.65 bits per heavy atom. The molecule has 0 aromatic heterocycles. The second kappa shape index (κ2) is 5.68. The van der Waals surface area contributed by atoms with Crippen molar-refractivity contribution in [1.82, 2.24) is 5.32 Å². The summed E-state index contributed by atoms with van der Waals surface area (Å²) < 4.78 is 0. The third-order valence-corrected chi connectivity index (χ3v) is 2.78. The number of amides is 2. The van der Waals surface area contributed by atoms with E-state index in [0.29, 0.717) is 6.54 Å². The minimum absolute atomic E-state index is 0.181. The fourth-order valence-electron chi connectivity index (χ4n) is 1.60. The molecule has 3 nitrogen and oxygen atoms in total. The van der Waals surface area contributed by atoms with Crippen LogP contribution in [0, 0.1) is 0 Å². The molecule has 0 saturated carbocycles. The summed E-state index contributed by atoms with van der Waals surface area (Å²) in [7, 11) is 0. The maximum atomic E-state index is 11.5. The highest BCUT2D eigenvalue weighted by Gasteiger charge is 2.01. The van der Waals surface area contributed by atoms with Crippen LogP contribution < -0.4 is 10.6 Å². The number of benzene rings is 2. The van der Waals surface area contributed by atoms with Gasteiger partial charge in [-0.15, -0.1) is 0 Å². The summed E-state index contributed by atoms with van der Waals surface area (Å²) in [5, 5.41) is 8.56. The number of carbonyl (C=O) groups is 1. The Morgan fingerprint density at radius 1 is 1.12 bits per heavy atom. The summed E-state index contributed by atoms with van der Waals surface area (Å²) in [6.07, 6.45) is 0. The van der Waals surface area contributed by atoms with E-state index in [1.807, 2.05) is 42.5 Å². The molecule has 0 fully saturated rings. The van der Waals surface area contributed by atoms with Crippen LogP contribution in [0.5, 0.6) is 0 Å². The molecule has 2 N–H and O–H groups in total. The van der Waals surface area contributed by atoms with Crippen LogP contribution in [0.4, 0.5) is 10.5 Å². The topological polar surface area (TPSA) is 41.1 Å². The number of nitrogens with one attached hydrogen (secondary N) is 2. The van der Waals surface area contributed by atoms with Crippen LogP contribution in [0.25, 0.3) is 10.8 Å². The van der Waals surface area contributed by atoms with E-state index in [2.05, 4.69) is 26.6 Å². The van der Waals surface area contributed by atoms with Crippen molar-refractivity contribution in [2.75, 3.05) is 17.2 Å². The normalized spacial score (nSPS) is 10.2. The Kier molecular flexibility index (Phi) is 3.98. The van der Waals surface area contributed by atoms with Crippen molar-refractivity contribution in [2.24, 2.45) is 0 Å². The molecule has 0 atom stereocenters. The number of hydrogen-bond donors (Lipinski definition) is 2. The standard InChI is InChI=1S/C13H13BrN2O/c14-7-8-15-13(17)16-12-6-5-10-3-1-2-4-11(10)9-12/h1-6,9H,7-8H2,(H2,15,16,17). The summed E-state index contributed by atoms with van der Waals surface area (Å²) in [5.74, 6) is 0. The van der Waals surface area contributed by atoms with Crippen LogP contribution >= 0.6 is 15.9 Å². The molecule has 0 heterocycles. The lowest BCUT2D eigenvalue weighted by atomic mass is 10.1. The van der Waals surface area contributed by atoms with E-state index < -0.39 is 0 Å². The summed E-state index contributed by atoms with van der Waals surface area (Å²) in [4.78, 5) is 11.5. The van der Waals surface area contributed by atoms with Crippen LogP contribution in [0.1, 0.15) is 0 Å². The number of halogens is 1. The summed E-state index contributed by atoms with van der Waals surface area (Å²) in [6.45, 7) is 0.611. The molecule has 0 bridgehead atoms. The van der Waals surface area contributed by atoms with Gasteiger partial charge in [0, 0.05) is 17.6 Å². The summed E-state index contributed by atoms with van der Waals surface area (Å²) in [6, 6.07) is 13.7. The quantitative estimate of drug-likeness (QED) is 0.837. The van der Waals surface area contributed by atoms with E-state index in [1.165, 1.54) is 5.39 Å². The number of hydrogen-bond acceptors (Lipinski definition) is 1. The smallest absolute Gasteiger partial charge is 0.319 e. The van der Waals surface area contributed by atoms with E-state index in [4.69, 9.17) is 0 Å². The largest absolute Gasteiger partial charge is 0.337 e. The Balaban J connectivity index is 2.11. The molecule has 0 radical (unpaired) electrons. The molecule has 4 heteroatoms. The fraction of sp³-hybridized carbons (Fsp3) is 0.154. The zero-order chi connectivity index (χ0) is 12.1. The van der Waals surface area contributed by atoms with Crippen molar-refractivity contribution in [2.45, 2.75) is 0 Å². The second-order valence-electron chi connectivity index (χ2n) is 3.63. The van der Waals surface area contributed by atoms with Gasteiger partial charge in [-0.25, -0.2) is 4.79 Å². The number of carbonyl (C=O) groups excluding carboxylic acids is 1. The van der Waals surface area contributed by atoms with Gasteiger partial charge in [-0.1, -0.05) is 46.3 Å². The Bertz CT molecular complexity index is 528. The monoisotopic (exact) mass is 292 g/mol. The van der Waals surface area contributed by atoms with E-state index in [9.17, 15) is 4.79 Å². The lowest BCUT2D eigenvalue weighted by Gasteiger charge is -2.07. The predicted octanol–water partition coefficient (Wildman–Crippen LogP) is 3.36. The number of rotatable bonds is 3. The first-order chi connectivity index (χ1) is 8.29. The lowest BCUT2D eigenvalue weighted by Crippen LogP contribution is -2.30. The van der Waals surface area contributed by atoms with Crippen molar-refractivity contribution in [3.05, 3.63) is 42.5 Å². The first kappa shape index (κ1) is 11.9. The van der Waals surface area contributed by atoms with Gasteiger partial charge >= 0.3 is 6.03 Å². The highest BCUT2D eigenvalue weighted by atomic mass is 79.9. The van der Waals surface area contributed by atoms with E-state index in [1.54, 1.807) is 0 Å².